The number of nitrogens with zero attached hydrogens (tertiary/aromatic N) is 1. The van der Waals surface area contributed by atoms with Crippen LogP contribution in [0.5, 0.6) is 0 Å². The minimum absolute atomic E-state index is 0.218. The first-order chi connectivity index (χ1) is 8.40. The lowest BCUT2D eigenvalue weighted by Gasteiger charge is -2.40. The van der Waals surface area contributed by atoms with Crippen LogP contribution in [0.1, 0.15) is 39.5 Å². The maximum Gasteiger partial charge on any atom is 0.165 e. The number of aliphatic hydroxyl groups is 1. The van der Waals surface area contributed by atoms with Crippen molar-refractivity contribution in [3.63, 3.8) is 0 Å². The van der Waals surface area contributed by atoms with Crippen molar-refractivity contribution >= 4 is 5.82 Å². The van der Waals surface area contributed by atoms with Gasteiger partial charge in [0.15, 0.2) is 11.6 Å². The number of anilines is 1. The Morgan fingerprint density at radius 2 is 2.00 bits per heavy atom. The van der Waals surface area contributed by atoms with Crippen molar-refractivity contribution in [3.8, 4) is 0 Å². The van der Waals surface area contributed by atoms with Crippen molar-refractivity contribution in [2.45, 2.75) is 45.1 Å². The van der Waals surface area contributed by atoms with Crippen LogP contribution in [0.2, 0.25) is 0 Å². The van der Waals surface area contributed by atoms with Crippen molar-refractivity contribution in [2.24, 2.45) is 5.41 Å². The number of halogens is 1. The Bertz CT molecular complexity index is 410. The van der Waals surface area contributed by atoms with Gasteiger partial charge in [-0.1, -0.05) is 13.8 Å². The summed E-state index contributed by atoms with van der Waals surface area (Å²) in [5.74, 6) is -0.159. The number of aromatic nitrogens is 1. The molecule has 4 heteroatoms. The van der Waals surface area contributed by atoms with Crippen LogP contribution >= 0.6 is 0 Å². The second kappa shape index (κ2) is 4.84. The Labute approximate surface area is 107 Å². The molecule has 1 heterocycles. The van der Waals surface area contributed by atoms with Gasteiger partial charge < -0.3 is 10.4 Å². The second-order valence-corrected chi connectivity index (χ2v) is 6.08. The Balaban J connectivity index is 1.93. The molecule has 0 aromatic carbocycles. The van der Waals surface area contributed by atoms with E-state index in [0.29, 0.717) is 12.0 Å². The minimum atomic E-state index is -0.737. The fourth-order valence-electron chi connectivity index (χ4n) is 2.33. The molecule has 0 saturated heterocycles. The van der Waals surface area contributed by atoms with E-state index >= 15 is 0 Å². The summed E-state index contributed by atoms with van der Waals surface area (Å²) in [5.41, 5.74) is -0.429. The third-order valence-electron chi connectivity index (χ3n) is 3.88. The predicted octanol–water partition coefficient (Wildman–Crippen LogP) is 2.96. The van der Waals surface area contributed by atoms with Gasteiger partial charge in [-0.25, -0.2) is 9.37 Å². The molecule has 100 valence electrons. The van der Waals surface area contributed by atoms with E-state index in [1.807, 2.05) is 0 Å². The third-order valence-corrected chi connectivity index (χ3v) is 3.88. The molecule has 1 aliphatic rings. The Morgan fingerprint density at radius 3 is 2.61 bits per heavy atom. The molecule has 1 saturated carbocycles. The van der Waals surface area contributed by atoms with Crippen LogP contribution in [0.25, 0.3) is 0 Å². The SMILES string of the molecule is CC1(C)CCC(O)(CNc2ncccc2F)CC1. The van der Waals surface area contributed by atoms with Crippen LogP contribution in [0, 0.1) is 11.2 Å². The molecule has 0 atom stereocenters. The van der Waals surface area contributed by atoms with Crippen LogP contribution in [0.4, 0.5) is 10.2 Å². The van der Waals surface area contributed by atoms with Gasteiger partial charge in [0, 0.05) is 12.7 Å². The summed E-state index contributed by atoms with van der Waals surface area (Å²) in [5, 5.41) is 13.4. The first-order valence-electron chi connectivity index (χ1n) is 6.47. The van der Waals surface area contributed by atoms with E-state index in [1.54, 1.807) is 12.3 Å². The van der Waals surface area contributed by atoms with E-state index in [0.717, 1.165) is 25.7 Å². The van der Waals surface area contributed by atoms with Crippen LogP contribution in [-0.2, 0) is 0 Å². The molecule has 1 aliphatic carbocycles. The molecule has 1 fully saturated rings. The summed E-state index contributed by atoms with van der Waals surface area (Å²) < 4.78 is 13.4. The van der Waals surface area contributed by atoms with Gasteiger partial charge in [0.05, 0.1) is 5.60 Å². The van der Waals surface area contributed by atoms with Crippen LogP contribution in [-0.4, -0.2) is 22.2 Å². The van der Waals surface area contributed by atoms with Crippen molar-refractivity contribution in [1.29, 1.82) is 0 Å². The van der Waals surface area contributed by atoms with Crippen molar-refractivity contribution < 1.29 is 9.50 Å². The predicted molar refractivity (Wildman–Crippen MR) is 69.9 cm³/mol. The summed E-state index contributed by atoms with van der Waals surface area (Å²) in [6, 6.07) is 2.92. The highest BCUT2D eigenvalue weighted by Gasteiger charge is 2.36. The van der Waals surface area contributed by atoms with E-state index in [1.165, 1.54) is 6.07 Å². The lowest BCUT2D eigenvalue weighted by Crippen LogP contribution is -2.42. The number of pyridine rings is 1. The smallest absolute Gasteiger partial charge is 0.165 e. The van der Waals surface area contributed by atoms with Crippen molar-refractivity contribution in [1.82, 2.24) is 4.98 Å². The topological polar surface area (TPSA) is 45.1 Å². The molecule has 3 nitrogen and oxygen atoms in total. The standard InChI is InChI=1S/C14H21FN2O/c1-13(2)5-7-14(18,8-6-13)10-17-12-11(15)4-3-9-16-12/h3-4,9,18H,5-8,10H2,1-2H3,(H,16,17). The van der Waals surface area contributed by atoms with Gasteiger partial charge in [-0.05, 0) is 43.2 Å². The van der Waals surface area contributed by atoms with Gasteiger partial charge in [-0.2, -0.15) is 0 Å². The van der Waals surface area contributed by atoms with Gasteiger partial charge in [-0.3, -0.25) is 0 Å². The number of nitrogens with one attached hydrogen (secondary N) is 1. The van der Waals surface area contributed by atoms with Crippen molar-refractivity contribution in [3.05, 3.63) is 24.1 Å². The van der Waals surface area contributed by atoms with Gasteiger partial charge in [0.2, 0.25) is 0 Å². The maximum absolute atomic E-state index is 13.4. The maximum atomic E-state index is 13.4. The van der Waals surface area contributed by atoms with E-state index < -0.39 is 5.60 Å². The van der Waals surface area contributed by atoms with Crippen molar-refractivity contribution in [2.75, 3.05) is 11.9 Å². The molecule has 2 rings (SSSR count). The van der Waals surface area contributed by atoms with Crippen LogP contribution in [0.15, 0.2) is 18.3 Å². The Morgan fingerprint density at radius 1 is 1.33 bits per heavy atom. The molecule has 0 radical (unpaired) electrons. The fourth-order valence-corrected chi connectivity index (χ4v) is 2.33. The first-order valence-corrected chi connectivity index (χ1v) is 6.47. The summed E-state index contributed by atoms with van der Waals surface area (Å²) in [6.45, 7) is 4.80. The van der Waals surface area contributed by atoms with E-state index in [4.69, 9.17) is 0 Å². The molecule has 0 unspecified atom stereocenters. The normalized spacial score (nSPS) is 21.6. The molecule has 2 N–H and O–H groups in total. The minimum Gasteiger partial charge on any atom is -0.388 e. The van der Waals surface area contributed by atoms with E-state index in [-0.39, 0.29) is 11.6 Å². The lowest BCUT2D eigenvalue weighted by atomic mass is 9.71. The largest absolute Gasteiger partial charge is 0.388 e. The van der Waals surface area contributed by atoms with Gasteiger partial charge in [0.25, 0.3) is 0 Å². The molecular formula is C14H21FN2O. The van der Waals surface area contributed by atoms with Crippen LogP contribution < -0.4 is 5.32 Å². The molecule has 1 aromatic heterocycles. The average Bonchev–Trinajstić information content (AvgIpc) is 2.33. The summed E-state index contributed by atoms with van der Waals surface area (Å²) >= 11 is 0. The summed E-state index contributed by atoms with van der Waals surface area (Å²) in [4.78, 5) is 3.93. The highest BCUT2D eigenvalue weighted by atomic mass is 19.1. The molecule has 0 amide bonds. The zero-order valence-electron chi connectivity index (χ0n) is 11.0. The molecule has 1 aromatic rings. The highest BCUT2D eigenvalue weighted by Crippen LogP contribution is 2.40. The third kappa shape index (κ3) is 3.19. The molecular weight excluding hydrogens is 231 g/mol. The first kappa shape index (κ1) is 13.3. The number of hydrogen-bond donors (Lipinski definition) is 2. The molecule has 0 bridgehead atoms. The zero-order chi connectivity index (χ0) is 13.2. The summed E-state index contributed by atoms with van der Waals surface area (Å²) in [6.07, 6.45) is 5.04. The Kier molecular flexibility index (Phi) is 3.57. The lowest BCUT2D eigenvalue weighted by molar-refractivity contribution is -0.0146. The van der Waals surface area contributed by atoms with Crippen LogP contribution in [0.3, 0.4) is 0 Å². The molecule has 0 aliphatic heterocycles. The molecule has 18 heavy (non-hydrogen) atoms. The van der Waals surface area contributed by atoms with Gasteiger partial charge >= 0.3 is 0 Å². The second-order valence-electron chi connectivity index (χ2n) is 6.08. The fraction of sp³-hybridized carbons (Fsp3) is 0.643. The monoisotopic (exact) mass is 252 g/mol. The Hall–Kier alpha value is -1.16. The number of rotatable bonds is 3. The van der Waals surface area contributed by atoms with E-state index in [9.17, 15) is 9.50 Å². The highest BCUT2D eigenvalue weighted by molar-refractivity contribution is 5.35. The zero-order valence-corrected chi connectivity index (χ0v) is 11.0. The van der Waals surface area contributed by atoms with E-state index in [2.05, 4.69) is 24.1 Å². The quantitative estimate of drug-likeness (QED) is 0.869. The summed E-state index contributed by atoms with van der Waals surface area (Å²) in [7, 11) is 0. The average molecular weight is 252 g/mol. The molecule has 0 spiro atoms. The van der Waals surface area contributed by atoms with Gasteiger partial charge in [0.1, 0.15) is 0 Å². The van der Waals surface area contributed by atoms with Gasteiger partial charge in [-0.15, -0.1) is 0 Å². The number of hydrogen-bond acceptors (Lipinski definition) is 3.